The Morgan fingerprint density at radius 3 is 0.615 bits per heavy atom. The van der Waals surface area contributed by atoms with E-state index in [1.54, 1.807) is 0 Å². The maximum absolute atomic E-state index is 10.6. The van der Waals surface area contributed by atoms with Gasteiger partial charge in [0, 0.05) is 13.1 Å². The van der Waals surface area contributed by atoms with Crippen LogP contribution in [-0.2, 0) is 38.4 Å². The van der Waals surface area contributed by atoms with Crippen LogP contribution in [0.4, 0.5) is 0 Å². The van der Waals surface area contributed by atoms with E-state index in [0.29, 0.717) is 0 Å². The smallest absolute Gasteiger partial charge is 0.317 e. The summed E-state index contributed by atoms with van der Waals surface area (Å²) in [6.45, 7) is -5.19. The van der Waals surface area contributed by atoms with Crippen molar-refractivity contribution in [3.05, 3.63) is 0 Å². The van der Waals surface area contributed by atoms with Gasteiger partial charge >= 0.3 is 47.8 Å². The second kappa shape index (κ2) is 19.7. The molecule has 0 rings (SSSR count). The molecule has 0 aliphatic rings. The van der Waals surface area contributed by atoms with Gasteiger partial charge in [-0.05, 0) is 0 Å². The maximum atomic E-state index is 10.6. The molecule has 0 saturated heterocycles. The summed E-state index contributed by atoms with van der Waals surface area (Å²) in [5.41, 5.74) is 0. The van der Waals surface area contributed by atoms with E-state index in [2.05, 4.69) is 0 Å². The molecule has 0 atom stereocenters. The predicted octanol–water partition coefficient (Wildman–Crippen LogP) is -4.18. The Hall–Kier alpha value is -4.40. The van der Waals surface area contributed by atoms with Crippen molar-refractivity contribution in [3.8, 4) is 0 Å². The first-order valence-electron chi connectivity index (χ1n) is 10.5. The van der Waals surface area contributed by atoms with Crippen LogP contribution in [0.25, 0.3) is 0 Å². The molecule has 0 spiro atoms. The van der Waals surface area contributed by atoms with Crippen molar-refractivity contribution in [2.24, 2.45) is 0 Å². The maximum Gasteiger partial charge on any atom is 0.317 e. The van der Waals surface area contributed by atoms with E-state index in [4.69, 9.17) is 40.9 Å². The lowest BCUT2D eigenvalue weighted by Crippen LogP contribution is -2.46. The number of rotatable bonds is 21. The van der Waals surface area contributed by atoms with Crippen LogP contribution >= 0.6 is 0 Å². The van der Waals surface area contributed by atoms with Crippen molar-refractivity contribution in [2.75, 3.05) is 72.1 Å². The van der Waals surface area contributed by atoms with Gasteiger partial charge in [-0.15, -0.1) is 0 Å². The summed E-state index contributed by atoms with van der Waals surface area (Å²) in [6.07, 6.45) is 0. The topological polar surface area (TPSA) is 311 Å². The predicted molar refractivity (Wildman–Crippen MR) is 122 cm³/mol. The van der Waals surface area contributed by atoms with Crippen molar-refractivity contribution >= 4 is 47.8 Å². The molecule has 0 radical (unpaired) electrons. The average molecular weight is 570 g/mol. The van der Waals surface area contributed by atoms with Crippen LogP contribution < -0.4 is 0 Å². The second-order valence-corrected chi connectivity index (χ2v) is 7.69. The van der Waals surface area contributed by atoms with Crippen molar-refractivity contribution in [3.63, 3.8) is 0 Å². The SMILES string of the molecule is O=C(O)CN(CC(=O)O)CN(CC(=O)O)CC(=O)O.O=C(O)CN(CCN(CC(=O)O)CC(=O)O)CC(=O)O. The largest absolute Gasteiger partial charge is 0.480 e. The third-order valence-corrected chi connectivity index (χ3v) is 4.00. The van der Waals surface area contributed by atoms with Gasteiger partial charge in [0.15, 0.2) is 0 Å². The van der Waals surface area contributed by atoms with Crippen molar-refractivity contribution in [2.45, 2.75) is 0 Å². The number of hydrogen-bond donors (Lipinski definition) is 8. The molecule has 0 bridgehead atoms. The second-order valence-electron chi connectivity index (χ2n) is 7.69. The number of nitrogens with zero attached hydrogens (tertiary/aromatic N) is 4. The molecule has 8 N–H and O–H groups in total. The lowest BCUT2D eigenvalue weighted by Gasteiger charge is -2.25. The fourth-order valence-electron chi connectivity index (χ4n) is 2.84. The fourth-order valence-corrected chi connectivity index (χ4v) is 2.84. The zero-order chi connectivity index (χ0) is 30.7. The van der Waals surface area contributed by atoms with E-state index in [9.17, 15) is 38.4 Å². The van der Waals surface area contributed by atoms with Crippen LogP contribution in [0.5, 0.6) is 0 Å². The first kappa shape index (κ1) is 36.8. The Balaban J connectivity index is 0. The molecule has 222 valence electrons. The van der Waals surface area contributed by atoms with Gasteiger partial charge in [-0.3, -0.25) is 58.0 Å². The van der Waals surface area contributed by atoms with Crippen LogP contribution in [0.1, 0.15) is 0 Å². The van der Waals surface area contributed by atoms with Gasteiger partial charge in [-0.1, -0.05) is 0 Å². The van der Waals surface area contributed by atoms with Crippen molar-refractivity contribution < 1.29 is 79.2 Å². The number of carboxylic acid groups (broad SMARTS) is 8. The summed E-state index contributed by atoms with van der Waals surface area (Å²) in [6, 6.07) is 0. The molecule has 0 heterocycles. The van der Waals surface area contributed by atoms with E-state index in [0.717, 1.165) is 19.6 Å². The van der Waals surface area contributed by atoms with Gasteiger partial charge in [0.25, 0.3) is 0 Å². The molecule has 0 saturated carbocycles. The molecule has 20 heteroatoms. The summed E-state index contributed by atoms with van der Waals surface area (Å²) >= 11 is 0. The van der Waals surface area contributed by atoms with E-state index in [1.807, 2.05) is 0 Å². The quantitative estimate of drug-likeness (QED) is 0.0606. The fraction of sp³-hybridized carbons (Fsp3) is 0.579. The lowest BCUT2D eigenvalue weighted by molar-refractivity contribution is -0.146. The normalized spacial score (nSPS) is 10.7. The lowest BCUT2D eigenvalue weighted by atomic mass is 10.4. The summed E-state index contributed by atoms with van der Waals surface area (Å²) in [5.74, 6) is -10.1. The minimum absolute atomic E-state index is 0.0703. The third kappa shape index (κ3) is 25.0. The van der Waals surface area contributed by atoms with Crippen LogP contribution in [-0.4, -0.2) is 180 Å². The highest BCUT2D eigenvalue weighted by molar-refractivity contribution is 5.74. The van der Waals surface area contributed by atoms with Crippen molar-refractivity contribution in [1.82, 2.24) is 19.6 Å². The van der Waals surface area contributed by atoms with Gasteiger partial charge < -0.3 is 40.9 Å². The highest BCUT2D eigenvalue weighted by Crippen LogP contribution is 1.96. The van der Waals surface area contributed by atoms with Gasteiger partial charge in [-0.25, -0.2) is 0 Å². The Kier molecular flexibility index (Phi) is 18.5. The molecule has 39 heavy (non-hydrogen) atoms. The Labute approximate surface area is 219 Å². The summed E-state index contributed by atoms with van der Waals surface area (Å²) in [4.78, 5) is 88.3. The average Bonchev–Trinajstić information content (AvgIpc) is 2.68. The van der Waals surface area contributed by atoms with Crippen LogP contribution in [0.3, 0.4) is 0 Å². The minimum Gasteiger partial charge on any atom is -0.480 e. The van der Waals surface area contributed by atoms with Gasteiger partial charge in [-0.2, -0.15) is 0 Å². The Morgan fingerprint density at radius 2 is 0.462 bits per heavy atom. The van der Waals surface area contributed by atoms with E-state index in [-0.39, 0.29) is 13.1 Å². The number of carboxylic acids is 8. The molecular weight excluding hydrogens is 540 g/mol. The first-order valence-corrected chi connectivity index (χ1v) is 10.5. The molecular formula is C19H30N4O16. The van der Waals surface area contributed by atoms with Crippen LogP contribution in [0.15, 0.2) is 0 Å². The monoisotopic (exact) mass is 570 g/mol. The summed E-state index contributed by atoms with van der Waals surface area (Å²) in [5, 5.41) is 68.8. The van der Waals surface area contributed by atoms with Crippen molar-refractivity contribution in [1.29, 1.82) is 0 Å². The number of carbonyl (C=O) groups is 8. The Bertz CT molecular complexity index is 761. The van der Waals surface area contributed by atoms with Crippen LogP contribution in [0.2, 0.25) is 0 Å². The molecule has 0 aliphatic heterocycles. The van der Waals surface area contributed by atoms with Gasteiger partial charge in [0.05, 0.1) is 59.0 Å². The molecule has 0 aromatic rings. The molecule has 20 nitrogen and oxygen atoms in total. The van der Waals surface area contributed by atoms with Crippen LogP contribution in [0, 0.1) is 0 Å². The minimum atomic E-state index is -1.30. The first-order chi connectivity index (χ1) is 17.9. The Morgan fingerprint density at radius 1 is 0.308 bits per heavy atom. The summed E-state index contributed by atoms with van der Waals surface area (Å²) in [7, 11) is 0. The zero-order valence-corrected chi connectivity index (χ0v) is 20.4. The number of aliphatic carboxylic acids is 8. The highest BCUT2D eigenvalue weighted by atomic mass is 16.4. The molecule has 0 aromatic carbocycles. The summed E-state index contributed by atoms with van der Waals surface area (Å²) < 4.78 is 0. The van der Waals surface area contributed by atoms with Gasteiger partial charge in [0.2, 0.25) is 0 Å². The molecule has 0 aliphatic carbocycles. The number of hydrogen-bond acceptors (Lipinski definition) is 12. The third-order valence-electron chi connectivity index (χ3n) is 4.00. The van der Waals surface area contributed by atoms with E-state index in [1.165, 1.54) is 0 Å². The van der Waals surface area contributed by atoms with Gasteiger partial charge in [0.1, 0.15) is 0 Å². The molecule has 0 unspecified atom stereocenters. The van der Waals surface area contributed by atoms with E-state index < -0.39 is 107 Å². The van der Waals surface area contributed by atoms with E-state index >= 15 is 0 Å². The highest BCUT2D eigenvalue weighted by Gasteiger charge is 2.21. The standard InChI is InChI=1S/C10H16N2O8.C9H14N2O8/c13-7(14)3-11(4-8(15)16)1-2-12(5-9(17)18)6-10(19)20;12-6(13)1-10(2-7(14)15)5-11(3-8(16)17)4-9(18)19/h1-6H2,(H,13,14)(H,15,16)(H,17,18)(H,19,20);1-5H2,(H,12,13)(H,14,15)(H,16,17)(H,18,19). The zero-order valence-electron chi connectivity index (χ0n) is 20.4. The molecule has 0 fully saturated rings. The molecule has 0 amide bonds. The molecule has 0 aromatic heterocycles.